The second-order valence-corrected chi connectivity index (χ2v) is 8.57. The van der Waals surface area contributed by atoms with Crippen molar-refractivity contribution < 1.29 is 15.0 Å². The van der Waals surface area contributed by atoms with Crippen molar-refractivity contribution in [3.05, 3.63) is 12.2 Å². The van der Waals surface area contributed by atoms with Crippen molar-refractivity contribution in [3.8, 4) is 0 Å². The molecule has 0 amide bonds. The third-order valence-corrected chi connectivity index (χ3v) is 7.45. The molecule has 1 aliphatic heterocycles. The number of hydrogen-bond donors (Lipinski definition) is 2. The fourth-order valence-corrected chi connectivity index (χ4v) is 6.62. The standard InChI is InChI=1S/C13H16O2.C7H15NO/c14-13(15)10-5-8-4-9(10)12-7-2-1-6(3-7)11(8)12;9-7-6-8-4-2-1-3-5-8/h1-2,6-12H,3-5H2,(H,14,15);9H,1-7H2. The third kappa shape index (κ3) is 2.82. The van der Waals surface area contributed by atoms with E-state index in [-0.39, 0.29) is 5.92 Å². The summed E-state index contributed by atoms with van der Waals surface area (Å²) in [5.74, 6) is 3.84. The Kier molecular flexibility index (Phi) is 4.70. The molecule has 4 nitrogen and oxygen atoms in total. The van der Waals surface area contributed by atoms with Crippen LogP contribution in [-0.2, 0) is 4.79 Å². The molecule has 0 aromatic heterocycles. The number of allylic oxidation sites excluding steroid dienone is 2. The van der Waals surface area contributed by atoms with E-state index in [0.717, 1.165) is 42.6 Å². The van der Waals surface area contributed by atoms with Gasteiger partial charge in [0.05, 0.1) is 12.5 Å². The Morgan fingerprint density at radius 3 is 2.38 bits per heavy atom. The fraction of sp³-hybridized carbons (Fsp3) is 0.850. The molecule has 0 spiro atoms. The summed E-state index contributed by atoms with van der Waals surface area (Å²) in [5.41, 5.74) is 0. The first kappa shape index (κ1) is 16.6. The van der Waals surface area contributed by atoms with Crippen LogP contribution in [0.5, 0.6) is 0 Å². The lowest BCUT2D eigenvalue weighted by atomic mass is 9.69. The summed E-state index contributed by atoms with van der Waals surface area (Å²) >= 11 is 0. The van der Waals surface area contributed by atoms with Crippen molar-refractivity contribution in [2.45, 2.75) is 38.5 Å². The molecule has 4 heteroatoms. The molecular weight excluding hydrogens is 302 g/mol. The Morgan fingerprint density at radius 2 is 1.71 bits per heavy atom. The third-order valence-electron chi connectivity index (χ3n) is 7.45. The van der Waals surface area contributed by atoms with Gasteiger partial charge in [-0.1, -0.05) is 18.6 Å². The quantitative estimate of drug-likeness (QED) is 0.616. The highest BCUT2D eigenvalue weighted by molar-refractivity contribution is 5.71. The molecule has 134 valence electrons. The van der Waals surface area contributed by atoms with Gasteiger partial charge in [-0.2, -0.15) is 0 Å². The first-order valence-corrected chi connectivity index (χ1v) is 9.93. The van der Waals surface area contributed by atoms with Crippen molar-refractivity contribution in [2.24, 2.45) is 41.4 Å². The van der Waals surface area contributed by atoms with Crippen LogP contribution in [0.15, 0.2) is 12.2 Å². The number of piperidine rings is 1. The number of carbonyl (C=O) groups is 1. The minimum atomic E-state index is -0.535. The number of rotatable bonds is 3. The topological polar surface area (TPSA) is 60.8 Å². The predicted octanol–water partition coefficient (Wildman–Crippen LogP) is 2.63. The number of aliphatic carboxylic acids is 1. The lowest BCUT2D eigenvalue weighted by Gasteiger charge is -2.34. The summed E-state index contributed by atoms with van der Waals surface area (Å²) in [6.07, 6.45) is 12.3. The van der Waals surface area contributed by atoms with E-state index >= 15 is 0 Å². The lowest BCUT2D eigenvalue weighted by molar-refractivity contribution is -0.144. The van der Waals surface area contributed by atoms with Crippen LogP contribution in [0.1, 0.15) is 38.5 Å². The van der Waals surface area contributed by atoms with Crippen LogP contribution in [0.4, 0.5) is 0 Å². The van der Waals surface area contributed by atoms with Crippen molar-refractivity contribution in [3.63, 3.8) is 0 Å². The monoisotopic (exact) mass is 333 g/mol. The van der Waals surface area contributed by atoms with E-state index in [0.29, 0.717) is 12.5 Å². The molecule has 1 heterocycles. The number of aliphatic hydroxyl groups excluding tert-OH is 1. The SMILES string of the molecule is O=C(O)C1CC2CC1C1C3C=CC(C3)C21.OCCN1CCCCC1. The Hall–Kier alpha value is -0.870. The maximum Gasteiger partial charge on any atom is 0.306 e. The number of β-amino-alcohol motifs (C(OH)–C–C–N with tert-alkyl or cyclic N) is 1. The highest BCUT2D eigenvalue weighted by atomic mass is 16.4. The van der Waals surface area contributed by atoms with E-state index in [1.165, 1.54) is 45.2 Å². The first-order chi connectivity index (χ1) is 11.7. The maximum absolute atomic E-state index is 11.2. The summed E-state index contributed by atoms with van der Waals surface area (Å²) in [7, 11) is 0. The van der Waals surface area contributed by atoms with Crippen LogP contribution in [0.3, 0.4) is 0 Å². The van der Waals surface area contributed by atoms with Gasteiger partial charge in [-0.25, -0.2) is 0 Å². The van der Waals surface area contributed by atoms with Crippen LogP contribution in [-0.4, -0.2) is 47.3 Å². The van der Waals surface area contributed by atoms with Gasteiger partial charge in [-0.15, -0.1) is 0 Å². The number of carboxylic acids is 1. The summed E-state index contributed by atoms with van der Waals surface area (Å²) < 4.78 is 0. The van der Waals surface area contributed by atoms with Crippen molar-refractivity contribution in [2.75, 3.05) is 26.2 Å². The van der Waals surface area contributed by atoms with Crippen LogP contribution < -0.4 is 0 Å². The molecule has 0 aromatic carbocycles. The normalized spacial score (nSPS) is 45.1. The van der Waals surface area contributed by atoms with E-state index in [1.807, 2.05) is 0 Å². The van der Waals surface area contributed by atoms with Crippen LogP contribution in [0.2, 0.25) is 0 Å². The number of hydrogen-bond acceptors (Lipinski definition) is 3. The molecule has 24 heavy (non-hydrogen) atoms. The van der Waals surface area contributed by atoms with E-state index in [9.17, 15) is 9.90 Å². The van der Waals surface area contributed by atoms with Gasteiger partial charge in [-0.3, -0.25) is 4.79 Å². The molecule has 1 saturated heterocycles. The van der Waals surface area contributed by atoms with Crippen LogP contribution in [0.25, 0.3) is 0 Å². The van der Waals surface area contributed by atoms with Gasteiger partial charge in [0.25, 0.3) is 0 Å². The Labute approximate surface area is 144 Å². The molecule has 0 aromatic rings. The van der Waals surface area contributed by atoms with Gasteiger partial charge < -0.3 is 15.1 Å². The number of fused-ring (bicyclic) bond motifs is 9. The number of aliphatic hydroxyl groups is 1. The zero-order valence-electron chi connectivity index (χ0n) is 14.5. The highest BCUT2D eigenvalue weighted by Crippen LogP contribution is 2.66. The van der Waals surface area contributed by atoms with Crippen molar-refractivity contribution >= 4 is 5.97 Å². The molecule has 7 unspecified atom stereocenters. The second-order valence-electron chi connectivity index (χ2n) is 8.57. The first-order valence-electron chi connectivity index (χ1n) is 9.93. The maximum atomic E-state index is 11.2. The zero-order chi connectivity index (χ0) is 16.7. The molecule has 5 aliphatic rings. The number of nitrogens with zero attached hydrogens (tertiary/aromatic N) is 1. The van der Waals surface area contributed by atoms with E-state index < -0.39 is 5.97 Å². The molecule has 4 aliphatic carbocycles. The van der Waals surface area contributed by atoms with Gasteiger partial charge in [0.15, 0.2) is 0 Å². The Bertz CT molecular complexity index is 496. The minimum absolute atomic E-state index is 0.0102. The average Bonchev–Trinajstić information content (AvgIpc) is 3.35. The summed E-state index contributed by atoms with van der Waals surface area (Å²) in [6, 6.07) is 0. The molecule has 4 bridgehead atoms. The molecule has 5 rings (SSSR count). The van der Waals surface area contributed by atoms with Crippen molar-refractivity contribution in [1.29, 1.82) is 0 Å². The van der Waals surface area contributed by atoms with Crippen LogP contribution >= 0.6 is 0 Å². The average molecular weight is 333 g/mol. The van der Waals surface area contributed by atoms with Crippen molar-refractivity contribution in [1.82, 2.24) is 4.90 Å². The molecule has 7 atom stereocenters. The Morgan fingerprint density at radius 1 is 1.00 bits per heavy atom. The van der Waals surface area contributed by atoms with E-state index in [4.69, 9.17) is 5.11 Å². The molecule has 2 N–H and O–H groups in total. The van der Waals surface area contributed by atoms with Gasteiger partial charge in [0.1, 0.15) is 0 Å². The zero-order valence-corrected chi connectivity index (χ0v) is 14.5. The molecule has 4 fully saturated rings. The highest BCUT2D eigenvalue weighted by Gasteiger charge is 2.62. The van der Waals surface area contributed by atoms with Crippen LogP contribution in [0, 0.1) is 41.4 Å². The van der Waals surface area contributed by atoms with Gasteiger partial charge in [0, 0.05) is 6.54 Å². The van der Waals surface area contributed by atoms with Gasteiger partial charge in [-0.05, 0) is 80.7 Å². The smallest absolute Gasteiger partial charge is 0.306 e. The summed E-state index contributed by atoms with van der Waals surface area (Å²) in [5, 5.41) is 17.8. The van der Waals surface area contributed by atoms with E-state index in [1.54, 1.807) is 0 Å². The number of likely N-dealkylation sites (tertiary alicyclic amines) is 1. The largest absolute Gasteiger partial charge is 0.481 e. The molecule has 0 radical (unpaired) electrons. The molecular formula is C20H31NO3. The van der Waals surface area contributed by atoms with Gasteiger partial charge >= 0.3 is 5.97 Å². The van der Waals surface area contributed by atoms with E-state index in [2.05, 4.69) is 17.1 Å². The summed E-state index contributed by atoms with van der Waals surface area (Å²) in [4.78, 5) is 13.5. The fourth-order valence-electron chi connectivity index (χ4n) is 6.62. The minimum Gasteiger partial charge on any atom is -0.481 e. The molecule has 3 saturated carbocycles. The second kappa shape index (κ2) is 6.80. The summed E-state index contributed by atoms with van der Waals surface area (Å²) in [6.45, 7) is 3.58. The predicted molar refractivity (Wildman–Crippen MR) is 92.4 cm³/mol. The lowest BCUT2D eigenvalue weighted by Crippen LogP contribution is -2.34. The Balaban J connectivity index is 0.000000140. The number of carboxylic acid groups (broad SMARTS) is 1. The van der Waals surface area contributed by atoms with Gasteiger partial charge in [0.2, 0.25) is 0 Å².